The van der Waals surface area contributed by atoms with Crippen LogP contribution >= 0.6 is 15.6 Å². The van der Waals surface area contributed by atoms with Gasteiger partial charge in [0.25, 0.3) is 15.6 Å². The molecular weight excluding hydrogens is 494 g/mol. The molecule has 3 fully saturated rings. The summed E-state index contributed by atoms with van der Waals surface area (Å²) >= 11 is 0. The van der Waals surface area contributed by atoms with Crippen LogP contribution in [0, 0.1) is 0 Å². The van der Waals surface area contributed by atoms with Crippen molar-refractivity contribution in [1.82, 2.24) is 0 Å². The Bertz CT molecular complexity index is 887. The molecule has 0 amide bonds. The summed E-state index contributed by atoms with van der Waals surface area (Å²) in [6.07, 6.45) is 0. The van der Waals surface area contributed by atoms with E-state index in [2.05, 4.69) is 0 Å². The molecule has 14 heteroatoms. The van der Waals surface area contributed by atoms with Crippen molar-refractivity contribution in [3.63, 3.8) is 0 Å². The average molecular weight is 530 g/mol. The number of phosphoric ester groups is 2. The molecule has 0 aliphatic carbocycles. The second-order valence-electron chi connectivity index (χ2n) is 11.5. The molecule has 0 aromatic rings. The molecule has 8 unspecified atom stereocenters. The maximum atomic E-state index is 13.1. The largest absolute Gasteiger partial charge is 0.756 e. The van der Waals surface area contributed by atoms with Crippen LogP contribution in [0.5, 0.6) is 0 Å². The molecule has 0 radical (unpaired) electrons. The zero-order chi connectivity index (χ0) is 26.7. The van der Waals surface area contributed by atoms with Crippen LogP contribution in [0.15, 0.2) is 0 Å². The van der Waals surface area contributed by atoms with E-state index in [4.69, 9.17) is 27.6 Å². The Morgan fingerprint density at radius 3 is 1.15 bits per heavy atom. The van der Waals surface area contributed by atoms with Crippen LogP contribution in [0.4, 0.5) is 0 Å². The Kier molecular flexibility index (Phi) is 6.18. The van der Waals surface area contributed by atoms with Crippen LogP contribution in [0.2, 0.25) is 0 Å². The topological polar surface area (TPSA) is 176 Å². The third-order valence-corrected chi connectivity index (χ3v) is 10.8. The SMILES string of the molecule is CC1(C)OC2(C)COP(=O)([O-])OC3(C)C(C)(COP(=O)([O-])OC2(C)C1(C)O)OC(C)(C)C3(C)O. The van der Waals surface area contributed by atoms with Gasteiger partial charge in [-0.1, -0.05) is 0 Å². The van der Waals surface area contributed by atoms with E-state index in [-0.39, 0.29) is 0 Å². The van der Waals surface area contributed by atoms with Crippen molar-refractivity contribution in [2.75, 3.05) is 13.2 Å². The summed E-state index contributed by atoms with van der Waals surface area (Å²) in [6, 6.07) is 0. The zero-order valence-electron chi connectivity index (χ0n) is 21.3. The molecule has 0 saturated carbocycles. The highest BCUT2D eigenvalue weighted by Gasteiger charge is 2.75. The van der Waals surface area contributed by atoms with Gasteiger partial charge in [-0.3, -0.25) is 9.13 Å². The summed E-state index contributed by atoms with van der Waals surface area (Å²) in [5, 5.41) is 22.7. The second-order valence-corrected chi connectivity index (χ2v) is 14.2. The molecule has 3 aliphatic rings. The standard InChI is InChI=1S/C20H38O12P2/c1-13(2)17(7,21)19(9)15(5,29-13)11-27-34(25,26)32-20(10)16(6,12-28-33(23,24)31-19)30-14(3,4)18(20,8)22/h21-22H,11-12H2,1-10H3,(H,23,24)(H,25,26)/p-2. The first-order valence-corrected chi connectivity index (χ1v) is 13.8. The van der Waals surface area contributed by atoms with Crippen LogP contribution in [0.25, 0.3) is 0 Å². The first-order valence-electron chi connectivity index (χ1n) is 10.9. The van der Waals surface area contributed by atoms with Gasteiger partial charge in [-0.15, -0.1) is 0 Å². The van der Waals surface area contributed by atoms with E-state index in [0.29, 0.717) is 0 Å². The van der Waals surface area contributed by atoms with Gasteiger partial charge in [-0.2, -0.15) is 0 Å². The van der Waals surface area contributed by atoms with E-state index in [1.165, 1.54) is 69.2 Å². The normalized spacial score (nSPS) is 57.8. The number of ether oxygens (including phenoxy) is 2. The van der Waals surface area contributed by atoms with Gasteiger partial charge in [0.1, 0.15) is 33.6 Å². The maximum Gasteiger partial charge on any atom is 0.268 e. The Hall–Kier alpha value is 0.0600. The van der Waals surface area contributed by atoms with E-state index in [0.717, 1.165) is 0 Å². The maximum absolute atomic E-state index is 13.1. The van der Waals surface area contributed by atoms with E-state index in [1.807, 2.05) is 0 Å². The lowest BCUT2D eigenvalue weighted by atomic mass is 9.71. The summed E-state index contributed by atoms with van der Waals surface area (Å²) in [5.41, 5.74) is -14.4. The van der Waals surface area contributed by atoms with Gasteiger partial charge in [-0.25, -0.2) is 0 Å². The fourth-order valence-corrected chi connectivity index (χ4v) is 7.86. The molecule has 0 spiro atoms. The predicted molar refractivity (Wildman–Crippen MR) is 114 cm³/mol. The highest BCUT2D eigenvalue weighted by Crippen LogP contribution is 2.64. The number of hydrogen-bond donors (Lipinski definition) is 2. The average Bonchev–Trinajstić information content (AvgIpc) is 2.78. The van der Waals surface area contributed by atoms with Gasteiger partial charge < -0.3 is 47.6 Å². The van der Waals surface area contributed by atoms with Crippen molar-refractivity contribution in [2.24, 2.45) is 0 Å². The molecule has 8 atom stereocenters. The summed E-state index contributed by atoms with van der Waals surface area (Å²) < 4.78 is 59.3. The minimum absolute atomic E-state index is 0.775. The highest BCUT2D eigenvalue weighted by molar-refractivity contribution is 7.46. The minimum atomic E-state index is -5.20. The van der Waals surface area contributed by atoms with Crippen LogP contribution in [-0.4, -0.2) is 68.2 Å². The van der Waals surface area contributed by atoms with Crippen LogP contribution in [0.1, 0.15) is 69.2 Å². The molecule has 0 bridgehead atoms. The van der Waals surface area contributed by atoms with Crippen molar-refractivity contribution < 1.29 is 56.7 Å². The van der Waals surface area contributed by atoms with Crippen LogP contribution < -0.4 is 9.79 Å². The monoisotopic (exact) mass is 530 g/mol. The number of rotatable bonds is 0. The van der Waals surface area contributed by atoms with Crippen LogP contribution in [0.3, 0.4) is 0 Å². The van der Waals surface area contributed by atoms with E-state index >= 15 is 0 Å². The molecule has 0 aromatic heterocycles. The van der Waals surface area contributed by atoms with Gasteiger partial charge in [-0.05, 0) is 69.2 Å². The second kappa shape index (κ2) is 7.34. The lowest BCUT2D eigenvalue weighted by Gasteiger charge is -2.51. The van der Waals surface area contributed by atoms with Crippen molar-refractivity contribution in [3.8, 4) is 0 Å². The number of fused-ring (bicyclic) bond motifs is 2. The fraction of sp³-hybridized carbons (Fsp3) is 1.00. The number of aliphatic hydroxyl groups is 2. The van der Waals surface area contributed by atoms with E-state index in [1.54, 1.807) is 0 Å². The van der Waals surface area contributed by atoms with E-state index in [9.17, 15) is 29.1 Å². The first-order chi connectivity index (χ1) is 14.7. The molecular formula is C20H36O12P2-2. The quantitative estimate of drug-likeness (QED) is 0.428. The van der Waals surface area contributed by atoms with Crippen molar-refractivity contribution in [1.29, 1.82) is 0 Å². The summed E-state index contributed by atoms with van der Waals surface area (Å²) in [4.78, 5) is 26.1. The van der Waals surface area contributed by atoms with Gasteiger partial charge in [0.2, 0.25) is 0 Å². The number of hydrogen-bond acceptors (Lipinski definition) is 12. The molecule has 3 rings (SSSR count). The lowest BCUT2D eigenvalue weighted by molar-refractivity contribution is -0.278. The Morgan fingerprint density at radius 2 is 0.882 bits per heavy atom. The van der Waals surface area contributed by atoms with Gasteiger partial charge in [0, 0.05) is 0 Å². The number of phosphoric acid groups is 2. The minimum Gasteiger partial charge on any atom is -0.756 e. The Labute approximate surface area is 200 Å². The highest BCUT2D eigenvalue weighted by atomic mass is 31.2. The smallest absolute Gasteiger partial charge is 0.268 e. The molecule has 3 saturated heterocycles. The molecule has 3 heterocycles. The zero-order valence-corrected chi connectivity index (χ0v) is 23.1. The van der Waals surface area contributed by atoms with Crippen molar-refractivity contribution in [3.05, 3.63) is 0 Å². The summed E-state index contributed by atoms with van der Waals surface area (Å²) in [6.45, 7) is 12.3. The van der Waals surface area contributed by atoms with Crippen molar-refractivity contribution in [2.45, 2.75) is 114 Å². The lowest BCUT2D eigenvalue weighted by Crippen LogP contribution is -2.65. The van der Waals surface area contributed by atoms with Crippen LogP contribution in [-0.2, 0) is 36.7 Å². The summed E-state index contributed by atoms with van der Waals surface area (Å²) in [7, 11) is -10.4. The molecule has 2 N–H and O–H groups in total. The molecule has 200 valence electrons. The van der Waals surface area contributed by atoms with Gasteiger partial charge >= 0.3 is 0 Å². The Balaban J connectivity index is 2.17. The molecule has 12 nitrogen and oxygen atoms in total. The van der Waals surface area contributed by atoms with Gasteiger partial charge in [0.05, 0.1) is 24.4 Å². The summed E-state index contributed by atoms with van der Waals surface area (Å²) in [5.74, 6) is 0. The third-order valence-electron chi connectivity index (χ3n) is 8.77. The molecule has 0 aromatic carbocycles. The van der Waals surface area contributed by atoms with Gasteiger partial charge in [0.15, 0.2) is 0 Å². The third kappa shape index (κ3) is 3.65. The van der Waals surface area contributed by atoms with Crippen molar-refractivity contribution >= 4 is 15.6 Å². The van der Waals surface area contributed by atoms with E-state index < -0.39 is 73.7 Å². The molecule has 34 heavy (non-hydrogen) atoms. The molecule has 3 aliphatic heterocycles. The predicted octanol–water partition coefficient (Wildman–Crippen LogP) is 1.16. The Morgan fingerprint density at radius 1 is 0.618 bits per heavy atom. The fourth-order valence-electron chi connectivity index (χ4n) is 5.31. The first kappa shape index (κ1) is 28.6.